The molecular formula is C27H29N5O4. The number of hydrogen-bond donors (Lipinski definition) is 2. The largest absolute Gasteiger partial charge is 0.458 e. The van der Waals surface area contributed by atoms with E-state index in [1.54, 1.807) is 17.6 Å². The van der Waals surface area contributed by atoms with Crippen molar-refractivity contribution in [3.63, 3.8) is 0 Å². The highest BCUT2D eigenvalue weighted by Crippen LogP contribution is 2.47. The Hall–Kier alpha value is -3.56. The number of pyridine rings is 2. The van der Waals surface area contributed by atoms with Crippen LogP contribution in [0.1, 0.15) is 56.2 Å². The molecular weight excluding hydrogens is 458 g/mol. The summed E-state index contributed by atoms with van der Waals surface area (Å²) in [5.74, 6) is 0.0682. The molecule has 0 spiro atoms. The Bertz CT molecular complexity index is 1530. The Morgan fingerprint density at radius 2 is 2.03 bits per heavy atom. The van der Waals surface area contributed by atoms with Crippen molar-refractivity contribution >= 4 is 34.1 Å². The second kappa shape index (κ2) is 8.25. The molecule has 1 atom stereocenters. The van der Waals surface area contributed by atoms with Crippen molar-refractivity contribution in [2.45, 2.75) is 58.3 Å². The van der Waals surface area contributed by atoms with Crippen molar-refractivity contribution in [3.05, 3.63) is 51.3 Å². The van der Waals surface area contributed by atoms with Crippen LogP contribution in [0, 0.1) is 0 Å². The van der Waals surface area contributed by atoms with Crippen molar-refractivity contribution in [1.82, 2.24) is 9.55 Å². The maximum atomic E-state index is 13.6. The third kappa shape index (κ3) is 3.02. The number of aliphatic imine (C=N–C) groups is 1. The minimum absolute atomic E-state index is 0.107. The van der Waals surface area contributed by atoms with Gasteiger partial charge in [0.15, 0.2) is 5.60 Å². The van der Waals surface area contributed by atoms with Crippen LogP contribution in [-0.4, -0.2) is 39.6 Å². The van der Waals surface area contributed by atoms with E-state index in [9.17, 15) is 14.7 Å². The monoisotopic (exact) mass is 487 g/mol. The predicted octanol–water partition coefficient (Wildman–Crippen LogP) is 3.08. The van der Waals surface area contributed by atoms with Gasteiger partial charge in [0, 0.05) is 17.7 Å². The van der Waals surface area contributed by atoms with Gasteiger partial charge in [0.2, 0.25) is 0 Å². The van der Waals surface area contributed by atoms with Crippen LogP contribution in [0.15, 0.2) is 34.1 Å². The van der Waals surface area contributed by atoms with Crippen LogP contribution in [-0.2, 0) is 28.3 Å². The standard InChI is InChI=1S/C27H29N5O4/c1-3-5-6-10-31-21(12-28)29-18-8-7-9-19-22(18)24(31)15-13-32-20(23(15)30-19)11-17-16(25(32)33)14-36-26(34)27(17,35)4-2/h7-9,11,35H,3-6,10,12-14,28H2,1-2H3. The van der Waals surface area contributed by atoms with Crippen LogP contribution in [0.4, 0.5) is 11.4 Å². The average molecular weight is 488 g/mol. The third-order valence-corrected chi connectivity index (χ3v) is 7.66. The molecule has 1 unspecified atom stereocenters. The number of cyclic esters (lactones) is 1. The van der Waals surface area contributed by atoms with Gasteiger partial charge >= 0.3 is 5.97 Å². The van der Waals surface area contributed by atoms with Crippen molar-refractivity contribution in [2.75, 3.05) is 18.0 Å². The smallest absolute Gasteiger partial charge is 0.343 e. The van der Waals surface area contributed by atoms with Gasteiger partial charge in [-0.05, 0) is 31.0 Å². The van der Waals surface area contributed by atoms with Crippen LogP contribution < -0.4 is 16.2 Å². The summed E-state index contributed by atoms with van der Waals surface area (Å²) >= 11 is 0. The van der Waals surface area contributed by atoms with Gasteiger partial charge < -0.3 is 25.0 Å². The van der Waals surface area contributed by atoms with Crippen molar-refractivity contribution in [2.24, 2.45) is 10.7 Å². The van der Waals surface area contributed by atoms with Gasteiger partial charge in [-0.1, -0.05) is 32.8 Å². The van der Waals surface area contributed by atoms with Crippen molar-refractivity contribution in [1.29, 1.82) is 0 Å². The fraction of sp³-hybridized carbons (Fsp3) is 0.407. The summed E-state index contributed by atoms with van der Waals surface area (Å²) in [7, 11) is 0. The maximum Gasteiger partial charge on any atom is 0.343 e. The zero-order chi connectivity index (χ0) is 25.2. The minimum Gasteiger partial charge on any atom is -0.458 e. The topological polar surface area (TPSA) is 123 Å². The summed E-state index contributed by atoms with van der Waals surface area (Å²) in [5, 5.41) is 12.1. The van der Waals surface area contributed by atoms with E-state index in [0.717, 1.165) is 59.5 Å². The summed E-state index contributed by atoms with van der Waals surface area (Å²) in [6, 6.07) is 7.60. The molecule has 9 nitrogen and oxygen atoms in total. The minimum atomic E-state index is -1.85. The van der Waals surface area contributed by atoms with Crippen LogP contribution in [0.25, 0.3) is 22.3 Å². The number of carbonyl (C=O) groups excluding carboxylic acids is 1. The first-order chi connectivity index (χ1) is 17.4. The highest BCUT2D eigenvalue weighted by atomic mass is 16.6. The van der Waals surface area contributed by atoms with Gasteiger partial charge in [0.25, 0.3) is 5.56 Å². The summed E-state index contributed by atoms with van der Waals surface area (Å²) in [6.07, 6.45) is 3.27. The SMILES string of the molecule is CCCCCN1C(CN)=Nc2cccc3nc4c(c1c23)Cn1c-4cc2c(c1=O)COC(=O)C2(O)CC. The zero-order valence-electron chi connectivity index (χ0n) is 20.5. The molecule has 5 heterocycles. The molecule has 3 aromatic rings. The number of aromatic nitrogens is 2. The van der Waals surface area contributed by atoms with E-state index in [-0.39, 0.29) is 18.6 Å². The third-order valence-electron chi connectivity index (χ3n) is 7.66. The molecule has 0 radical (unpaired) electrons. The van der Waals surface area contributed by atoms with E-state index in [1.807, 2.05) is 18.2 Å². The fourth-order valence-electron chi connectivity index (χ4n) is 5.72. The van der Waals surface area contributed by atoms with Gasteiger partial charge in [0.1, 0.15) is 12.4 Å². The first kappa shape index (κ1) is 22.9. The number of ether oxygens (including phenoxy) is 1. The summed E-state index contributed by atoms with van der Waals surface area (Å²) in [6.45, 7) is 5.12. The molecule has 6 rings (SSSR count). The number of amidine groups is 1. The molecule has 3 aliphatic heterocycles. The van der Waals surface area contributed by atoms with Crippen molar-refractivity contribution in [3.8, 4) is 11.4 Å². The fourth-order valence-corrected chi connectivity index (χ4v) is 5.72. The van der Waals surface area contributed by atoms with Crippen LogP contribution >= 0.6 is 0 Å². The van der Waals surface area contributed by atoms with E-state index in [2.05, 4.69) is 11.8 Å². The first-order valence-corrected chi connectivity index (χ1v) is 12.6. The number of anilines is 1. The number of rotatable bonds is 6. The number of fused-ring (bicyclic) bond motifs is 5. The molecule has 36 heavy (non-hydrogen) atoms. The summed E-state index contributed by atoms with van der Waals surface area (Å²) in [5.41, 5.74) is 9.50. The highest BCUT2D eigenvalue weighted by molar-refractivity contribution is 6.16. The lowest BCUT2D eigenvalue weighted by Crippen LogP contribution is -2.44. The molecule has 0 amide bonds. The second-order valence-corrected chi connectivity index (χ2v) is 9.65. The molecule has 0 aliphatic carbocycles. The number of nitrogens with zero attached hydrogens (tertiary/aromatic N) is 4. The Kier molecular flexibility index (Phi) is 5.24. The summed E-state index contributed by atoms with van der Waals surface area (Å²) in [4.78, 5) is 38.2. The number of carbonyl (C=O) groups is 1. The van der Waals surface area contributed by atoms with Gasteiger partial charge in [-0.15, -0.1) is 0 Å². The molecule has 0 saturated heterocycles. The second-order valence-electron chi connectivity index (χ2n) is 9.65. The first-order valence-electron chi connectivity index (χ1n) is 12.6. The molecule has 9 heteroatoms. The summed E-state index contributed by atoms with van der Waals surface area (Å²) < 4.78 is 6.89. The molecule has 0 bridgehead atoms. The Balaban J connectivity index is 1.62. The van der Waals surface area contributed by atoms with Crippen LogP contribution in [0.3, 0.4) is 0 Å². The molecule has 0 fully saturated rings. The number of esters is 1. The van der Waals surface area contributed by atoms with Gasteiger partial charge in [-0.25, -0.2) is 14.8 Å². The number of nitrogens with two attached hydrogens (primary N) is 1. The number of unbranched alkanes of at least 4 members (excludes halogenated alkanes) is 2. The van der Waals surface area contributed by atoms with Gasteiger partial charge in [0.05, 0.1) is 52.3 Å². The molecule has 2 aromatic heterocycles. The van der Waals surface area contributed by atoms with Crippen LogP contribution in [0.2, 0.25) is 0 Å². The predicted molar refractivity (Wildman–Crippen MR) is 138 cm³/mol. The van der Waals surface area contributed by atoms with Gasteiger partial charge in [-0.2, -0.15) is 0 Å². The zero-order valence-corrected chi connectivity index (χ0v) is 20.5. The molecule has 1 aromatic carbocycles. The molecule has 3 aliphatic rings. The lowest BCUT2D eigenvalue weighted by molar-refractivity contribution is -0.172. The Morgan fingerprint density at radius 3 is 2.78 bits per heavy atom. The lowest BCUT2D eigenvalue weighted by Gasteiger charge is -2.32. The normalized spacial score (nSPS) is 19.6. The lowest BCUT2D eigenvalue weighted by atomic mass is 9.86. The van der Waals surface area contributed by atoms with Gasteiger partial charge in [-0.3, -0.25) is 4.79 Å². The molecule has 0 saturated carbocycles. The molecule has 3 N–H and O–H groups in total. The van der Waals surface area contributed by atoms with E-state index in [0.29, 0.717) is 35.6 Å². The highest BCUT2D eigenvalue weighted by Gasteiger charge is 2.45. The van der Waals surface area contributed by atoms with Crippen molar-refractivity contribution < 1.29 is 14.6 Å². The number of benzene rings is 1. The molecule has 186 valence electrons. The average Bonchev–Trinajstić information content (AvgIpc) is 3.26. The number of aliphatic hydroxyl groups is 1. The Morgan fingerprint density at radius 1 is 1.19 bits per heavy atom. The Labute approximate surface area is 208 Å². The van der Waals surface area contributed by atoms with E-state index < -0.39 is 11.6 Å². The van der Waals surface area contributed by atoms with E-state index >= 15 is 0 Å². The maximum absolute atomic E-state index is 13.6. The number of hydrogen-bond acceptors (Lipinski definition) is 8. The van der Waals surface area contributed by atoms with E-state index in [4.69, 9.17) is 20.4 Å². The van der Waals surface area contributed by atoms with Crippen LogP contribution in [0.5, 0.6) is 0 Å². The quantitative estimate of drug-likeness (QED) is 0.316. The van der Waals surface area contributed by atoms with E-state index in [1.165, 1.54) is 0 Å².